The molecule has 1 heterocycles. The first-order chi connectivity index (χ1) is 9.00. The number of alkyl halides is 3. The van der Waals surface area contributed by atoms with Crippen LogP contribution >= 0.6 is 0 Å². The lowest BCUT2D eigenvalue weighted by Gasteiger charge is -2.38. The zero-order valence-electron chi connectivity index (χ0n) is 11.7. The summed E-state index contributed by atoms with van der Waals surface area (Å²) in [6.07, 6.45) is 1.23. The highest BCUT2D eigenvalue weighted by molar-refractivity contribution is 4.86. The van der Waals surface area contributed by atoms with Crippen molar-refractivity contribution in [1.82, 2.24) is 10.2 Å². The summed E-state index contributed by atoms with van der Waals surface area (Å²) >= 11 is 0. The fourth-order valence-electron chi connectivity index (χ4n) is 2.93. The third-order valence-electron chi connectivity index (χ3n) is 4.35. The summed E-state index contributed by atoms with van der Waals surface area (Å²) in [5.74, 6) is -1.08. The molecule has 1 saturated carbocycles. The highest BCUT2D eigenvalue weighted by Gasteiger charge is 2.41. The zero-order valence-corrected chi connectivity index (χ0v) is 11.7. The Labute approximate surface area is 113 Å². The maximum absolute atomic E-state index is 12.6. The van der Waals surface area contributed by atoms with E-state index in [0.717, 1.165) is 19.4 Å². The van der Waals surface area contributed by atoms with Crippen LogP contribution in [0.1, 0.15) is 45.4 Å². The maximum Gasteiger partial charge on any atom is 0.391 e. The van der Waals surface area contributed by atoms with Crippen molar-refractivity contribution in [1.29, 1.82) is 0 Å². The van der Waals surface area contributed by atoms with Crippen LogP contribution in [-0.4, -0.2) is 42.8 Å². The molecule has 2 fully saturated rings. The third kappa shape index (κ3) is 4.63. The number of piperidine rings is 1. The van der Waals surface area contributed by atoms with Crippen molar-refractivity contribution in [2.24, 2.45) is 5.92 Å². The normalized spacial score (nSPS) is 24.6. The van der Waals surface area contributed by atoms with E-state index in [4.69, 9.17) is 0 Å². The zero-order chi connectivity index (χ0) is 13.9. The van der Waals surface area contributed by atoms with Crippen LogP contribution < -0.4 is 5.32 Å². The monoisotopic (exact) mass is 278 g/mol. The Kier molecular flexibility index (Phi) is 5.12. The Morgan fingerprint density at radius 3 is 2.26 bits per heavy atom. The van der Waals surface area contributed by atoms with E-state index in [1.165, 1.54) is 12.8 Å². The Morgan fingerprint density at radius 2 is 1.79 bits per heavy atom. The molecule has 112 valence electrons. The molecule has 5 heteroatoms. The molecule has 1 saturated heterocycles. The first-order valence-electron chi connectivity index (χ1n) is 7.55. The summed E-state index contributed by atoms with van der Waals surface area (Å²) in [6, 6.07) is 1.09. The molecule has 2 aliphatic rings. The van der Waals surface area contributed by atoms with Gasteiger partial charge in [-0.1, -0.05) is 13.3 Å². The summed E-state index contributed by atoms with van der Waals surface area (Å²) in [6.45, 7) is 4.28. The van der Waals surface area contributed by atoms with Crippen molar-refractivity contribution in [2.45, 2.75) is 63.7 Å². The van der Waals surface area contributed by atoms with E-state index in [0.29, 0.717) is 25.2 Å². The van der Waals surface area contributed by atoms with Gasteiger partial charge in [0, 0.05) is 18.6 Å². The van der Waals surface area contributed by atoms with E-state index >= 15 is 0 Å². The number of hydrogen-bond donors (Lipinski definition) is 1. The molecule has 1 aliphatic carbocycles. The smallest absolute Gasteiger partial charge is 0.312 e. The number of likely N-dealkylation sites (tertiary alicyclic amines) is 1. The van der Waals surface area contributed by atoms with Crippen molar-refractivity contribution in [2.75, 3.05) is 19.6 Å². The summed E-state index contributed by atoms with van der Waals surface area (Å²) in [4.78, 5) is 2.26. The van der Waals surface area contributed by atoms with Gasteiger partial charge >= 0.3 is 6.18 Å². The largest absolute Gasteiger partial charge is 0.391 e. The minimum absolute atomic E-state index is 0.271. The van der Waals surface area contributed by atoms with E-state index in [9.17, 15) is 13.2 Å². The van der Waals surface area contributed by atoms with Gasteiger partial charge in [-0.2, -0.15) is 13.2 Å². The molecular weight excluding hydrogens is 253 g/mol. The van der Waals surface area contributed by atoms with E-state index in [2.05, 4.69) is 17.1 Å². The number of halogens is 3. The minimum atomic E-state index is -4.00. The molecular formula is C14H25F3N2. The molecule has 2 rings (SSSR count). The van der Waals surface area contributed by atoms with Crippen LogP contribution in [0.15, 0.2) is 0 Å². The van der Waals surface area contributed by atoms with Gasteiger partial charge in [-0.15, -0.1) is 0 Å². The topological polar surface area (TPSA) is 15.3 Å². The van der Waals surface area contributed by atoms with Gasteiger partial charge in [-0.05, 0) is 45.2 Å². The molecule has 2 nitrogen and oxygen atoms in total. The van der Waals surface area contributed by atoms with Crippen LogP contribution in [0, 0.1) is 5.92 Å². The second-order valence-corrected chi connectivity index (χ2v) is 5.98. The van der Waals surface area contributed by atoms with Gasteiger partial charge in [0.25, 0.3) is 0 Å². The van der Waals surface area contributed by atoms with Crippen LogP contribution in [0.5, 0.6) is 0 Å². The second-order valence-electron chi connectivity index (χ2n) is 5.98. The lowest BCUT2D eigenvalue weighted by atomic mass is 9.94. The van der Waals surface area contributed by atoms with E-state index in [1.807, 2.05) is 0 Å². The van der Waals surface area contributed by atoms with Crippen LogP contribution in [0.2, 0.25) is 0 Å². The van der Waals surface area contributed by atoms with Crippen molar-refractivity contribution < 1.29 is 13.2 Å². The lowest BCUT2D eigenvalue weighted by molar-refractivity contribution is -0.186. The lowest BCUT2D eigenvalue weighted by Crippen LogP contribution is -2.48. The van der Waals surface area contributed by atoms with E-state index in [1.54, 1.807) is 0 Å². The van der Waals surface area contributed by atoms with Crippen LogP contribution in [0.4, 0.5) is 13.2 Å². The summed E-state index contributed by atoms with van der Waals surface area (Å²) in [5.41, 5.74) is 0. The molecule has 0 amide bonds. The highest BCUT2D eigenvalue weighted by atomic mass is 19.4. The van der Waals surface area contributed by atoms with Crippen LogP contribution in [-0.2, 0) is 0 Å². The molecule has 1 N–H and O–H groups in total. The molecule has 0 aromatic carbocycles. The molecule has 0 radical (unpaired) electrons. The Balaban J connectivity index is 1.78. The van der Waals surface area contributed by atoms with E-state index < -0.39 is 12.1 Å². The highest BCUT2D eigenvalue weighted by Crippen LogP contribution is 2.34. The summed E-state index contributed by atoms with van der Waals surface area (Å²) < 4.78 is 37.9. The minimum Gasteiger partial charge on any atom is -0.312 e. The Bertz CT molecular complexity index is 268. The van der Waals surface area contributed by atoms with Crippen LogP contribution in [0.3, 0.4) is 0 Å². The molecule has 0 bridgehead atoms. The van der Waals surface area contributed by atoms with Gasteiger partial charge in [0.1, 0.15) is 0 Å². The van der Waals surface area contributed by atoms with Gasteiger partial charge in [0.05, 0.1) is 5.92 Å². The van der Waals surface area contributed by atoms with Gasteiger partial charge < -0.3 is 5.32 Å². The predicted molar refractivity (Wildman–Crippen MR) is 70.1 cm³/mol. The van der Waals surface area contributed by atoms with Crippen molar-refractivity contribution >= 4 is 0 Å². The molecule has 0 aromatic heterocycles. The maximum atomic E-state index is 12.6. The molecule has 1 unspecified atom stereocenters. The second kappa shape index (κ2) is 6.44. The molecule has 1 aliphatic heterocycles. The average molecular weight is 278 g/mol. The predicted octanol–water partition coefficient (Wildman–Crippen LogP) is 3.18. The molecule has 0 spiro atoms. The van der Waals surface area contributed by atoms with Gasteiger partial charge in [0.2, 0.25) is 0 Å². The van der Waals surface area contributed by atoms with Crippen molar-refractivity contribution in [3.63, 3.8) is 0 Å². The first-order valence-corrected chi connectivity index (χ1v) is 7.55. The molecule has 19 heavy (non-hydrogen) atoms. The molecule has 1 atom stereocenters. The third-order valence-corrected chi connectivity index (χ3v) is 4.35. The Hall–Kier alpha value is -0.290. The number of nitrogens with zero attached hydrogens (tertiary/aromatic N) is 1. The summed E-state index contributed by atoms with van der Waals surface area (Å²) in [7, 11) is 0. The SMILES string of the molecule is CCCC(CNC1CC1)N1CCC(C(F)(F)F)CC1. The van der Waals surface area contributed by atoms with Crippen molar-refractivity contribution in [3.05, 3.63) is 0 Å². The van der Waals surface area contributed by atoms with Crippen molar-refractivity contribution in [3.8, 4) is 0 Å². The fourth-order valence-corrected chi connectivity index (χ4v) is 2.93. The molecule has 0 aromatic rings. The number of hydrogen-bond acceptors (Lipinski definition) is 2. The number of rotatable bonds is 6. The van der Waals surface area contributed by atoms with Crippen LogP contribution in [0.25, 0.3) is 0 Å². The Morgan fingerprint density at radius 1 is 1.16 bits per heavy atom. The summed E-state index contributed by atoms with van der Waals surface area (Å²) in [5, 5.41) is 3.52. The standard InChI is InChI=1S/C14H25F3N2/c1-2-3-13(10-18-12-4-5-12)19-8-6-11(7-9-19)14(15,16)17/h11-13,18H,2-10H2,1H3. The first kappa shape index (κ1) is 15.1. The van der Waals surface area contributed by atoms with Gasteiger partial charge in [-0.3, -0.25) is 4.90 Å². The van der Waals surface area contributed by atoms with E-state index in [-0.39, 0.29) is 12.8 Å². The number of nitrogens with one attached hydrogen (secondary N) is 1. The average Bonchev–Trinajstić information content (AvgIpc) is 3.17. The fraction of sp³-hybridized carbons (Fsp3) is 1.00. The van der Waals surface area contributed by atoms with Gasteiger partial charge in [0.15, 0.2) is 0 Å². The van der Waals surface area contributed by atoms with Gasteiger partial charge in [-0.25, -0.2) is 0 Å². The quantitative estimate of drug-likeness (QED) is 0.803.